The van der Waals surface area contributed by atoms with Crippen LogP contribution in [0.25, 0.3) is 10.2 Å². The van der Waals surface area contributed by atoms with E-state index in [1.807, 2.05) is 6.07 Å². The summed E-state index contributed by atoms with van der Waals surface area (Å²) in [6.07, 6.45) is -4.98. The predicted octanol–water partition coefficient (Wildman–Crippen LogP) is 9.54. The Balaban J connectivity index is 1.37. The zero-order valence-corrected chi connectivity index (χ0v) is 21.9. The first-order valence-corrected chi connectivity index (χ1v) is 13.2. The Kier molecular flexibility index (Phi) is 7.60. The highest BCUT2D eigenvalue weighted by Gasteiger charge is 2.43. The average molecular weight is 606 g/mol. The van der Waals surface area contributed by atoms with Crippen molar-refractivity contribution >= 4 is 21.6 Å². The summed E-state index contributed by atoms with van der Waals surface area (Å²) < 4.78 is 137. The average Bonchev–Trinajstić information content (AvgIpc) is 3.31. The second kappa shape index (κ2) is 10.7. The minimum absolute atomic E-state index is 0.0384. The number of hydrogen-bond acceptors (Lipinski definition) is 4. The van der Waals surface area contributed by atoms with E-state index in [4.69, 9.17) is 0 Å². The van der Waals surface area contributed by atoms with Gasteiger partial charge < -0.3 is 9.47 Å². The molecule has 1 fully saturated rings. The van der Waals surface area contributed by atoms with Crippen molar-refractivity contribution in [1.82, 2.24) is 4.98 Å². The van der Waals surface area contributed by atoms with Crippen LogP contribution in [0, 0.1) is 35.0 Å². The van der Waals surface area contributed by atoms with Crippen molar-refractivity contribution in [2.75, 3.05) is 0 Å². The van der Waals surface area contributed by atoms with Crippen LogP contribution in [0.1, 0.15) is 54.7 Å². The van der Waals surface area contributed by atoms with Gasteiger partial charge in [-0.15, -0.1) is 11.3 Å². The van der Waals surface area contributed by atoms with Gasteiger partial charge in [-0.1, -0.05) is 25.8 Å². The summed E-state index contributed by atoms with van der Waals surface area (Å²) >= 11 is 0.621. The first-order chi connectivity index (χ1) is 19.2. The van der Waals surface area contributed by atoms with Crippen molar-refractivity contribution in [3.8, 4) is 11.5 Å². The van der Waals surface area contributed by atoms with Crippen LogP contribution in [-0.2, 0) is 12.2 Å². The molecule has 1 aromatic heterocycles. The highest BCUT2D eigenvalue weighted by molar-refractivity contribution is 7.18. The van der Waals surface area contributed by atoms with Crippen molar-refractivity contribution in [2.45, 2.75) is 50.7 Å². The number of fused-ring (bicyclic) bond motifs is 1. The lowest BCUT2D eigenvalue weighted by Gasteiger charge is -2.26. The molecule has 4 aromatic rings. The van der Waals surface area contributed by atoms with Crippen LogP contribution in [0.4, 0.5) is 39.5 Å². The van der Waals surface area contributed by atoms with E-state index >= 15 is 0 Å². The monoisotopic (exact) mass is 605 g/mol. The number of thiazole rings is 1. The molecule has 0 bridgehead atoms. The Labute approximate surface area is 231 Å². The molecule has 3 aromatic carbocycles. The normalized spacial score (nSPS) is 18.1. The van der Waals surface area contributed by atoms with Crippen LogP contribution in [0.2, 0.25) is 0 Å². The molecule has 0 amide bonds. The van der Waals surface area contributed by atoms with E-state index in [9.17, 15) is 39.5 Å². The SMILES string of the molecule is CC1CCC(c2ccc3nc(C(F)(F)Oc4cc(F)c(C(F)(F)Oc5cc(F)c(F)c(F)c5)c(F)c4)sc3c2)CC1. The molecule has 13 heteroatoms. The van der Waals surface area contributed by atoms with Gasteiger partial charge in [-0.25, -0.2) is 26.9 Å². The Hall–Kier alpha value is -3.48. The summed E-state index contributed by atoms with van der Waals surface area (Å²) in [7, 11) is 0. The lowest BCUT2D eigenvalue weighted by molar-refractivity contribution is -0.190. The molecule has 1 heterocycles. The maximum atomic E-state index is 15.0. The third-order valence-corrected chi connectivity index (χ3v) is 7.97. The van der Waals surface area contributed by atoms with Gasteiger partial charge in [0.25, 0.3) is 0 Å². The Morgan fingerprint density at radius 3 is 1.85 bits per heavy atom. The summed E-state index contributed by atoms with van der Waals surface area (Å²) in [5.74, 6) is -11.4. The lowest BCUT2D eigenvalue weighted by atomic mass is 9.79. The standard InChI is InChI=1S/C28H20F9NO2S/c1-13-2-4-14(5-3-13)15-6-7-22-23(8-15)41-26(38-22)28(36,37)40-16-9-18(29)24(19(30)10-16)27(34,35)39-17-11-20(31)25(33)21(32)12-17/h6-14H,2-5H2,1H3. The molecule has 0 N–H and O–H groups in total. The molecule has 0 atom stereocenters. The van der Waals surface area contributed by atoms with Gasteiger partial charge in [0.1, 0.15) is 28.7 Å². The van der Waals surface area contributed by atoms with Crippen molar-refractivity contribution < 1.29 is 49.0 Å². The lowest BCUT2D eigenvalue weighted by Crippen LogP contribution is -2.26. The topological polar surface area (TPSA) is 31.4 Å². The predicted molar refractivity (Wildman–Crippen MR) is 132 cm³/mol. The summed E-state index contributed by atoms with van der Waals surface area (Å²) in [5.41, 5.74) is -0.792. The van der Waals surface area contributed by atoms with Crippen LogP contribution in [0.5, 0.6) is 11.5 Å². The number of nitrogens with zero attached hydrogens (tertiary/aromatic N) is 1. The molecule has 1 saturated carbocycles. The highest BCUT2D eigenvalue weighted by atomic mass is 32.1. The van der Waals surface area contributed by atoms with Gasteiger partial charge in [-0.2, -0.15) is 17.6 Å². The van der Waals surface area contributed by atoms with E-state index in [1.165, 1.54) is 0 Å². The number of aromatic nitrogens is 1. The molecule has 1 aliphatic rings. The largest absolute Gasteiger partial charge is 0.454 e. The molecule has 0 unspecified atom stereocenters. The molecule has 5 rings (SSSR count). The number of rotatable bonds is 7. The maximum absolute atomic E-state index is 15.0. The van der Waals surface area contributed by atoms with Crippen molar-refractivity contribution in [3.63, 3.8) is 0 Å². The zero-order valence-electron chi connectivity index (χ0n) is 21.1. The molecule has 218 valence electrons. The van der Waals surface area contributed by atoms with Crippen LogP contribution in [0.3, 0.4) is 0 Å². The molecular formula is C28H20F9NO2S. The molecule has 3 nitrogen and oxygen atoms in total. The molecule has 1 aliphatic carbocycles. The van der Waals surface area contributed by atoms with Gasteiger partial charge in [-0.05, 0) is 42.4 Å². The van der Waals surface area contributed by atoms with Gasteiger partial charge in [0.2, 0.25) is 5.01 Å². The summed E-state index contributed by atoms with van der Waals surface area (Å²) in [5, 5.41) is -0.819. The van der Waals surface area contributed by atoms with Crippen LogP contribution in [0.15, 0.2) is 42.5 Å². The quantitative estimate of drug-likeness (QED) is 0.155. The van der Waals surface area contributed by atoms with E-state index in [0.29, 0.717) is 27.9 Å². The summed E-state index contributed by atoms with van der Waals surface area (Å²) in [4.78, 5) is 3.88. The van der Waals surface area contributed by atoms with E-state index in [1.54, 1.807) is 12.1 Å². The molecular weight excluding hydrogens is 585 g/mol. The van der Waals surface area contributed by atoms with E-state index < -0.39 is 63.4 Å². The second-order valence-corrected chi connectivity index (χ2v) is 10.9. The van der Waals surface area contributed by atoms with Crippen LogP contribution in [-0.4, -0.2) is 4.98 Å². The molecule has 0 saturated heterocycles. The Morgan fingerprint density at radius 1 is 0.732 bits per heavy atom. The first-order valence-electron chi connectivity index (χ1n) is 12.4. The fourth-order valence-corrected chi connectivity index (χ4v) is 5.71. The number of benzene rings is 3. The van der Waals surface area contributed by atoms with Crippen molar-refractivity contribution in [1.29, 1.82) is 0 Å². The maximum Gasteiger partial charge on any atom is 0.454 e. The summed E-state index contributed by atoms with van der Waals surface area (Å²) in [6.45, 7) is 2.18. The minimum Gasteiger partial charge on any atom is -0.429 e. The van der Waals surface area contributed by atoms with E-state index in [2.05, 4.69) is 21.4 Å². The van der Waals surface area contributed by atoms with Crippen molar-refractivity contribution in [2.24, 2.45) is 5.92 Å². The summed E-state index contributed by atoms with van der Waals surface area (Å²) in [6, 6.07) is 5.44. The van der Waals surface area contributed by atoms with Gasteiger partial charge in [0, 0.05) is 24.3 Å². The number of alkyl halides is 4. The van der Waals surface area contributed by atoms with E-state index in [-0.39, 0.29) is 29.8 Å². The van der Waals surface area contributed by atoms with Crippen LogP contribution < -0.4 is 9.47 Å². The fraction of sp³-hybridized carbons (Fsp3) is 0.321. The third kappa shape index (κ3) is 5.95. The first kappa shape index (κ1) is 29.0. The molecule has 41 heavy (non-hydrogen) atoms. The molecule has 0 radical (unpaired) electrons. The Morgan fingerprint density at radius 2 is 1.27 bits per heavy atom. The van der Waals surface area contributed by atoms with Crippen molar-refractivity contribution in [3.05, 3.63) is 87.7 Å². The van der Waals surface area contributed by atoms with E-state index in [0.717, 1.165) is 31.2 Å². The van der Waals surface area contributed by atoms with Gasteiger partial charge in [0.15, 0.2) is 17.5 Å². The number of ether oxygens (including phenoxy) is 2. The van der Waals surface area contributed by atoms with Crippen LogP contribution >= 0.6 is 11.3 Å². The minimum atomic E-state index is -4.88. The highest BCUT2D eigenvalue weighted by Crippen LogP contribution is 2.42. The number of halogens is 9. The fourth-order valence-electron chi connectivity index (χ4n) is 4.78. The third-order valence-electron chi connectivity index (χ3n) is 6.90. The van der Waals surface area contributed by atoms with Gasteiger partial charge in [-0.3, -0.25) is 0 Å². The van der Waals surface area contributed by atoms with Gasteiger partial charge >= 0.3 is 12.2 Å². The van der Waals surface area contributed by atoms with Gasteiger partial charge in [0.05, 0.1) is 10.2 Å². The Bertz CT molecular complexity index is 1550. The zero-order chi connectivity index (χ0) is 29.7. The molecule has 0 spiro atoms. The molecule has 0 aliphatic heterocycles. The second-order valence-electron chi connectivity index (χ2n) is 9.90. The number of hydrogen-bond donors (Lipinski definition) is 0. The smallest absolute Gasteiger partial charge is 0.429 e.